The van der Waals surface area contributed by atoms with E-state index in [4.69, 9.17) is 4.74 Å². The van der Waals surface area contributed by atoms with Gasteiger partial charge in [-0.3, -0.25) is 4.90 Å². The Kier molecular flexibility index (Phi) is 4.64. The SMILES string of the molecule is COc1ccc(Br)c(CN2CCCC2C2CCCN2)c1. The van der Waals surface area contributed by atoms with Crippen molar-refractivity contribution in [3.63, 3.8) is 0 Å². The number of hydrogen-bond acceptors (Lipinski definition) is 3. The first kappa shape index (κ1) is 14.4. The van der Waals surface area contributed by atoms with Crippen molar-refractivity contribution in [1.29, 1.82) is 0 Å². The first-order valence-electron chi connectivity index (χ1n) is 7.58. The van der Waals surface area contributed by atoms with Crippen LogP contribution in [0.4, 0.5) is 0 Å². The number of ether oxygens (including phenoxy) is 1. The van der Waals surface area contributed by atoms with E-state index in [0.29, 0.717) is 12.1 Å². The van der Waals surface area contributed by atoms with Crippen LogP contribution in [0.2, 0.25) is 0 Å². The summed E-state index contributed by atoms with van der Waals surface area (Å²) in [7, 11) is 1.73. The van der Waals surface area contributed by atoms with E-state index in [1.165, 1.54) is 48.8 Å². The summed E-state index contributed by atoms with van der Waals surface area (Å²) >= 11 is 3.67. The summed E-state index contributed by atoms with van der Waals surface area (Å²) in [6.45, 7) is 3.42. The molecule has 2 saturated heterocycles. The summed E-state index contributed by atoms with van der Waals surface area (Å²) < 4.78 is 6.53. The molecule has 3 nitrogen and oxygen atoms in total. The van der Waals surface area contributed by atoms with Crippen LogP contribution in [0.15, 0.2) is 22.7 Å². The lowest BCUT2D eigenvalue weighted by Crippen LogP contribution is -2.43. The molecule has 2 fully saturated rings. The Morgan fingerprint density at radius 2 is 2.25 bits per heavy atom. The molecular formula is C16H23BrN2O. The van der Waals surface area contributed by atoms with Crippen molar-refractivity contribution >= 4 is 15.9 Å². The Labute approximate surface area is 129 Å². The fourth-order valence-electron chi connectivity index (χ4n) is 3.56. The van der Waals surface area contributed by atoms with Crippen LogP contribution in [0.5, 0.6) is 5.75 Å². The molecule has 2 aliphatic heterocycles. The molecule has 0 bridgehead atoms. The normalized spacial score (nSPS) is 27.1. The van der Waals surface area contributed by atoms with Crippen molar-refractivity contribution in [3.05, 3.63) is 28.2 Å². The molecule has 20 heavy (non-hydrogen) atoms. The molecule has 0 saturated carbocycles. The second-order valence-corrected chi connectivity index (χ2v) is 6.69. The predicted molar refractivity (Wildman–Crippen MR) is 85.2 cm³/mol. The van der Waals surface area contributed by atoms with Crippen LogP contribution in [0.25, 0.3) is 0 Å². The van der Waals surface area contributed by atoms with Crippen molar-refractivity contribution in [2.45, 2.75) is 44.3 Å². The van der Waals surface area contributed by atoms with Gasteiger partial charge in [-0.1, -0.05) is 15.9 Å². The first-order chi connectivity index (χ1) is 9.78. The van der Waals surface area contributed by atoms with Crippen molar-refractivity contribution in [3.8, 4) is 5.75 Å². The van der Waals surface area contributed by atoms with Crippen molar-refractivity contribution in [2.24, 2.45) is 0 Å². The highest BCUT2D eigenvalue weighted by Gasteiger charge is 2.33. The lowest BCUT2D eigenvalue weighted by atomic mass is 10.0. The quantitative estimate of drug-likeness (QED) is 0.912. The van der Waals surface area contributed by atoms with Gasteiger partial charge in [0, 0.05) is 23.1 Å². The monoisotopic (exact) mass is 338 g/mol. The third-order valence-electron chi connectivity index (χ3n) is 4.60. The minimum absolute atomic E-state index is 0.696. The average molecular weight is 339 g/mol. The predicted octanol–water partition coefficient (Wildman–Crippen LogP) is 3.17. The summed E-state index contributed by atoms with van der Waals surface area (Å²) in [6, 6.07) is 7.65. The Morgan fingerprint density at radius 1 is 1.35 bits per heavy atom. The summed E-state index contributed by atoms with van der Waals surface area (Å²) in [5, 5.41) is 3.67. The number of methoxy groups -OCH3 is 1. The van der Waals surface area contributed by atoms with Crippen LogP contribution in [-0.4, -0.2) is 37.2 Å². The van der Waals surface area contributed by atoms with Crippen molar-refractivity contribution in [1.82, 2.24) is 10.2 Å². The van der Waals surface area contributed by atoms with Gasteiger partial charge in [-0.2, -0.15) is 0 Å². The highest BCUT2D eigenvalue weighted by molar-refractivity contribution is 9.10. The molecule has 3 rings (SSSR count). The zero-order valence-electron chi connectivity index (χ0n) is 12.1. The maximum absolute atomic E-state index is 5.35. The fraction of sp³-hybridized carbons (Fsp3) is 0.625. The van der Waals surface area contributed by atoms with Crippen LogP contribution in [0.3, 0.4) is 0 Å². The molecule has 4 heteroatoms. The molecule has 2 unspecified atom stereocenters. The van der Waals surface area contributed by atoms with Gasteiger partial charge in [0.1, 0.15) is 5.75 Å². The molecule has 2 atom stereocenters. The average Bonchev–Trinajstić information content (AvgIpc) is 3.11. The zero-order valence-corrected chi connectivity index (χ0v) is 13.7. The highest BCUT2D eigenvalue weighted by atomic mass is 79.9. The van der Waals surface area contributed by atoms with E-state index in [1.807, 2.05) is 6.07 Å². The number of benzene rings is 1. The molecule has 0 amide bonds. The number of halogens is 1. The van der Waals surface area contributed by atoms with E-state index in [0.717, 1.165) is 12.3 Å². The van der Waals surface area contributed by atoms with E-state index in [1.54, 1.807) is 7.11 Å². The Morgan fingerprint density at radius 3 is 3.00 bits per heavy atom. The number of nitrogens with zero attached hydrogens (tertiary/aromatic N) is 1. The topological polar surface area (TPSA) is 24.5 Å². The number of likely N-dealkylation sites (tertiary alicyclic amines) is 1. The molecule has 0 spiro atoms. The number of nitrogens with one attached hydrogen (secondary N) is 1. The Bertz CT molecular complexity index is 460. The molecule has 1 aromatic rings. The van der Waals surface area contributed by atoms with Gasteiger partial charge >= 0.3 is 0 Å². The molecule has 0 aliphatic carbocycles. The lowest BCUT2D eigenvalue weighted by Gasteiger charge is -2.30. The lowest BCUT2D eigenvalue weighted by molar-refractivity contribution is 0.206. The van der Waals surface area contributed by atoms with Gasteiger partial charge in [-0.05, 0) is 62.5 Å². The van der Waals surface area contributed by atoms with E-state index in [-0.39, 0.29) is 0 Å². The van der Waals surface area contributed by atoms with Crippen LogP contribution >= 0.6 is 15.9 Å². The van der Waals surface area contributed by atoms with E-state index >= 15 is 0 Å². The minimum Gasteiger partial charge on any atom is -0.497 e. The summed E-state index contributed by atoms with van der Waals surface area (Å²) in [4.78, 5) is 2.64. The second-order valence-electron chi connectivity index (χ2n) is 5.84. The fourth-order valence-corrected chi connectivity index (χ4v) is 3.93. The van der Waals surface area contributed by atoms with Gasteiger partial charge in [0.25, 0.3) is 0 Å². The largest absolute Gasteiger partial charge is 0.497 e. The van der Waals surface area contributed by atoms with Gasteiger partial charge in [-0.25, -0.2) is 0 Å². The Hall–Kier alpha value is -0.580. The van der Waals surface area contributed by atoms with E-state index in [9.17, 15) is 0 Å². The summed E-state index contributed by atoms with van der Waals surface area (Å²) in [6.07, 6.45) is 5.32. The maximum atomic E-state index is 5.35. The smallest absolute Gasteiger partial charge is 0.119 e. The van der Waals surface area contributed by atoms with Gasteiger partial charge in [0.2, 0.25) is 0 Å². The van der Waals surface area contributed by atoms with Crippen LogP contribution in [0.1, 0.15) is 31.2 Å². The molecule has 0 radical (unpaired) electrons. The van der Waals surface area contributed by atoms with Gasteiger partial charge in [-0.15, -0.1) is 0 Å². The third kappa shape index (κ3) is 3.02. The number of hydrogen-bond donors (Lipinski definition) is 1. The van der Waals surface area contributed by atoms with Gasteiger partial charge in [0.05, 0.1) is 7.11 Å². The highest BCUT2D eigenvalue weighted by Crippen LogP contribution is 2.29. The molecule has 110 valence electrons. The second kappa shape index (κ2) is 6.46. The Balaban J connectivity index is 1.72. The molecule has 2 aliphatic rings. The first-order valence-corrected chi connectivity index (χ1v) is 8.37. The van der Waals surface area contributed by atoms with Crippen LogP contribution < -0.4 is 10.1 Å². The van der Waals surface area contributed by atoms with Crippen LogP contribution in [0, 0.1) is 0 Å². The maximum Gasteiger partial charge on any atom is 0.119 e. The molecule has 1 N–H and O–H groups in total. The van der Waals surface area contributed by atoms with Crippen molar-refractivity contribution < 1.29 is 4.74 Å². The molecule has 0 aromatic heterocycles. The van der Waals surface area contributed by atoms with Gasteiger partial charge in [0.15, 0.2) is 0 Å². The van der Waals surface area contributed by atoms with E-state index in [2.05, 4.69) is 38.3 Å². The zero-order chi connectivity index (χ0) is 13.9. The van der Waals surface area contributed by atoms with Gasteiger partial charge < -0.3 is 10.1 Å². The standard InChI is InChI=1S/C16H23BrN2O/c1-20-13-6-7-14(17)12(10-13)11-19-9-3-5-16(19)15-4-2-8-18-15/h6-7,10,15-16,18H,2-5,8-9,11H2,1H3. The molecule has 1 aromatic carbocycles. The summed E-state index contributed by atoms with van der Waals surface area (Å²) in [5.41, 5.74) is 1.33. The minimum atomic E-state index is 0.696. The third-order valence-corrected chi connectivity index (χ3v) is 5.38. The molecule has 2 heterocycles. The molecular weight excluding hydrogens is 316 g/mol. The number of rotatable bonds is 4. The van der Waals surface area contributed by atoms with Crippen LogP contribution in [-0.2, 0) is 6.54 Å². The van der Waals surface area contributed by atoms with E-state index < -0.39 is 0 Å². The van der Waals surface area contributed by atoms with Crippen molar-refractivity contribution in [2.75, 3.05) is 20.2 Å². The summed E-state index contributed by atoms with van der Waals surface area (Å²) in [5.74, 6) is 0.943.